The second-order valence-corrected chi connectivity index (χ2v) is 5.24. The maximum atomic E-state index is 11.9. The Kier molecular flexibility index (Phi) is 5.38. The van der Waals surface area contributed by atoms with E-state index < -0.39 is 0 Å². The summed E-state index contributed by atoms with van der Waals surface area (Å²) in [5.74, 6) is 0.0371. The van der Waals surface area contributed by atoms with Crippen molar-refractivity contribution in [3.63, 3.8) is 0 Å². The third-order valence-electron chi connectivity index (χ3n) is 3.40. The lowest BCUT2D eigenvalue weighted by molar-refractivity contribution is -0.116. The molecule has 2 aromatic rings. The summed E-state index contributed by atoms with van der Waals surface area (Å²) in [4.78, 5) is 11.9. The van der Waals surface area contributed by atoms with Crippen molar-refractivity contribution in [1.82, 2.24) is 0 Å². The predicted molar refractivity (Wildman–Crippen MR) is 88.2 cm³/mol. The first-order chi connectivity index (χ1) is 10.2. The molecule has 110 valence electrons. The molecule has 21 heavy (non-hydrogen) atoms. The number of carbonyl (C=O) groups is 1. The van der Waals surface area contributed by atoms with Crippen LogP contribution in [0.2, 0.25) is 0 Å². The van der Waals surface area contributed by atoms with Crippen molar-refractivity contribution >= 4 is 17.3 Å². The van der Waals surface area contributed by atoms with Gasteiger partial charge in [0, 0.05) is 17.8 Å². The lowest BCUT2D eigenvalue weighted by atomic mass is 10.1. The summed E-state index contributed by atoms with van der Waals surface area (Å²) >= 11 is 0. The summed E-state index contributed by atoms with van der Waals surface area (Å²) in [5, 5.41) is 2.93. The second kappa shape index (κ2) is 7.48. The molecule has 3 heteroatoms. The van der Waals surface area contributed by atoms with E-state index in [2.05, 4.69) is 24.4 Å². The summed E-state index contributed by atoms with van der Waals surface area (Å²) in [6.07, 6.45) is 3.40. The molecule has 2 aromatic carbocycles. The number of nitrogens with one attached hydrogen (secondary N) is 1. The Hall–Kier alpha value is -2.29. The van der Waals surface area contributed by atoms with Crippen LogP contribution in [0.1, 0.15) is 30.9 Å². The molecular formula is C18H22N2O. The van der Waals surface area contributed by atoms with Gasteiger partial charge in [-0.25, -0.2) is 0 Å². The summed E-state index contributed by atoms with van der Waals surface area (Å²) < 4.78 is 0. The number of nitrogen functional groups attached to an aromatic ring is 1. The van der Waals surface area contributed by atoms with E-state index in [4.69, 9.17) is 5.73 Å². The van der Waals surface area contributed by atoms with Crippen molar-refractivity contribution in [3.8, 4) is 0 Å². The molecule has 0 fully saturated rings. The van der Waals surface area contributed by atoms with Gasteiger partial charge in [-0.05, 0) is 48.2 Å². The Labute approximate surface area is 126 Å². The Balaban J connectivity index is 1.82. The third kappa shape index (κ3) is 4.95. The SMILES string of the molecule is CCCc1ccc(NC(=O)CCc2ccc(N)cc2)cc1. The van der Waals surface area contributed by atoms with Gasteiger partial charge in [-0.15, -0.1) is 0 Å². The fourth-order valence-electron chi connectivity index (χ4n) is 2.21. The van der Waals surface area contributed by atoms with E-state index >= 15 is 0 Å². The molecular weight excluding hydrogens is 260 g/mol. The van der Waals surface area contributed by atoms with Gasteiger partial charge in [-0.3, -0.25) is 4.79 Å². The van der Waals surface area contributed by atoms with Gasteiger partial charge in [0.2, 0.25) is 5.91 Å². The van der Waals surface area contributed by atoms with E-state index in [0.717, 1.165) is 36.2 Å². The zero-order valence-electron chi connectivity index (χ0n) is 12.4. The summed E-state index contributed by atoms with van der Waals surface area (Å²) in [7, 11) is 0. The average Bonchev–Trinajstić information content (AvgIpc) is 2.49. The van der Waals surface area contributed by atoms with Crippen molar-refractivity contribution in [2.24, 2.45) is 0 Å². The molecule has 0 bridgehead atoms. The van der Waals surface area contributed by atoms with Gasteiger partial charge in [0.15, 0.2) is 0 Å². The van der Waals surface area contributed by atoms with E-state index in [1.165, 1.54) is 5.56 Å². The number of anilines is 2. The predicted octanol–water partition coefficient (Wildman–Crippen LogP) is 3.79. The van der Waals surface area contributed by atoms with Crippen LogP contribution >= 0.6 is 0 Å². The Morgan fingerprint density at radius 1 is 0.952 bits per heavy atom. The minimum atomic E-state index is 0.0371. The summed E-state index contributed by atoms with van der Waals surface area (Å²) in [6.45, 7) is 2.16. The van der Waals surface area contributed by atoms with E-state index in [1.807, 2.05) is 36.4 Å². The molecule has 0 aliphatic rings. The zero-order valence-corrected chi connectivity index (χ0v) is 12.4. The molecule has 0 unspecified atom stereocenters. The number of hydrogen-bond donors (Lipinski definition) is 2. The topological polar surface area (TPSA) is 55.1 Å². The van der Waals surface area contributed by atoms with Crippen LogP contribution in [0.3, 0.4) is 0 Å². The Bertz CT molecular complexity index is 573. The van der Waals surface area contributed by atoms with Crippen LogP contribution < -0.4 is 11.1 Å². The largest absolute Gasteiger partial charge is 0.399 e. The van der Waals surface area contributed by atoms with E-state index in [9.17, 15) is 4.79 Å². The number of aryl methyl sites for hydroxylation is 2. The molecule has 0 aromatic heterocycles. The molecule has 0 spiro atoms. The molecule has 3 N–H and O–H groups in total. The van der Waals surface area contributed by atoms with Gasteiger partial charge in [0.1, 0.15) is 0 Å². The van der Waals surface area contributed by atoms with Crippen LogP contribution in [0.15, 0.2) is 48.5 Å². The molecule has 0 aliphatic heterocycles. The van der Waals surface area contributed by atoms with E-state index in [1.54, 1.807) is 0 Å². The first-order valence-corrected chi connectivity index (χ1v) is 7.40. The lowest BCUT2D eigenvalue weighted by Crippen LogP contribution is -2.12. The highest BCUT2D eigenvalue weighted by Gasteiger charge is 2.03. The number of hydrogen-bond acceptors (Lipinski definition) is 2. The molecule has 2 rings (SSSR count). The lowest BCUT2D eigenvalue weighted by Gasteiger charge is -2.07. The molecule has 0 radical (unpaired) electrons. The maximum absolute atomic E-state index is 11.9. The van der Waals surface area contributed by atoms with Gasteiger partial charge in [0.25, 0.3) is 0 Å². The molecule has 0 aliphatic carbocycles. The Morgan fingerprint density at radius 2 is 1.52 bits per heavy atom. The molecule has 3 nitrogen and oxygen atoms in total. The van der Waals surface area contributed by atoms with Crippen LogP contribution in [-0.4, -0.2) is 5.91 Å². The maximum Gasteiger partial charge on any atom is 0.224 e. The molecule has 0 atom stereocenters. The number of nitrogens with two attached hydrogens (primary N) is 1. The van der Waals surface area contributed by atoms with Crippen molar-refractivity contribution in [2.45, 2.75) is 32.6 Å². The zero-order chi connectivity index (χ0) is 15.1. The number of rotatable bonds is 6. The number of benzene rings is 2. The molecule has 0 saturated carbocycles. The summed E-state index contributed by atoms with van der Waals surface area (Å²) in [5.41, 5.74) is 9.67. The second-order valence-electron chi connectivity index (χ2n) is 5.24. The van der Waals surface area contributed by atoms with E-state index in [-0.39, 0.29) is 5.91 Å². The smallest absolute Gasteiger partial charge is 0.224 e. The molecule has 0 heterocycles. The van der Waals surface area contributed by atoms with Gasteiger partial charge in [-0.1, -0.05) is 37.6 Å². The van der Waals surface area contributed by atoms with Crippen LogP contribution in [0.4, 0.5) is 11.4 Å². The minimum absolute atomic E-state index is 0.0371. The average molecular weight is 282 g/mol. The highest BCUT2D eigenvalue weighted by molar-refractivity contribution is 5.90. The number of carbonyl (C=O) groups excluding carboxylic acids is 1. The first kappa shape index (κ1) is 15.1. The van der Waals surface area contributed by atoms with Crippen molar-refractivity contribution in [3.05, 3.63) is 59.7 Å². The highest BCUT2D eigenvalue weighted by atomic mass is 16.1. The fraction of sp³-hybridized carbons (Fsp3) is 0.278. The Morgan fingerprint density at radius 3 is 2.14 bits per heavy atom. The van der Waals surface area contributed by atoms with Gasteiger partial charge in [-0.2, -0.15) is 0 Å². The molecule has 0 saturated heterocycles. The summed E-state index contributed by atoms with van der Waals surface area (Å²) in [6, 6.07) is 15.7. The first-order valence-electron chi connectivity index (χ1n) is 7.40. The fourth-order valence-corrected chi connectivity index (χ4v) is 2.21. The van der Waals surface area contributed by atoms with Crippen molar-refractivity contribution < 1.29 is 4.79 Å². The standard InChI is InChI=1S/C18H22N2O/c1-2-3-14-6-11-17(12-7-14)20-18(21)13-8-15-4-9-16(19)10-5-15/h4-7,9-12H,2-3,8,13,19H2,1H3,(H,20,21). The van der Waals surface area contributed by atoms with Crippen molar-refractivity contribution in [1.29, 1.82) is 0 Å². The van der Waals surface area contributed by atoms with Crippen LogP contribution in [0.5, 0.6) is 0 Å². The van der Waals surface area contributed by atoms with Gasteiger partial charge < -0.3 is 11.1 Å². The monoisotopic (exact) mass is 282 g/mol. The van der Waals surface area contributed by atoms with Crippen molar-refractivity contribution in [2.75, 3.05) is 11.1 Å². The quantitative estimate of drug-likeness (QED) is 0.792. The van der Waals surface area contributed by atoms with E-state index in [0.29, 0.717) is 6.42 Å². The van der Waals surface area contributed by atoms with Crippen LogP contribution in [-0.2, 0) is 17.6 Å². The van der Waals surface area contributed by atoms with Gasteiger partial charge >= 0.3 is 0 Å². The highest BCUT2D eigenvalue weighted by Crippen LogP contribution is 2.12. The minimum Gasteiger partial charge on any atom is -0.399 e. The third-order valence-corrected chi connectivity index (χ3v) is 3.40. The van der Waals surface area contributed by atoms with Gasteiger partial charge in [0.05, 0.1) is 0 Å². The van der Waals surface area contributed by atoms with Crippen LogP contribution in [0.25, 0.3) is 0 Å². The molecule has 1 amide bonds. The normalized spacial score (nSPS) is 10.3. The van der Waals surface area contributed by atoms with Crippen LogP contribution in [0, 0.1) is 0 Å². The number of amides is 1.